The molecule has 2 heterocycles. The summed E-state index contributed by atoms with van der Waals surface area (Å²) in [5, 5.41) is 18.9. The number of amides is 2. The highest BCUT2D eigenvalue weighted by Crippen LogP contribution is 2.30. The van der Waals surface area contributed by atoms with Crippen LogP contribution in [0, 0.1) is 0 Å². The van der Waals surface area contributed by atoms with Crippen molar-refractivity contribution in [3.05, 3.63) is 82.6 Å². The molecule has 0 fully saturated rings. The molecule has 0 spiro atoms. The van der Waals surface area contributed by atoms with E-state index in [1.165, 1.54) is 35.2 Å². The van der Waals surface area contributed by atoms with Crippen molar-refractivity contribution in [1.82, 2.24) is 4.98 Å². The van der Waals surface area contributed by atoms with Gasteiger partial charge in [-0.25, -0.2) is 9.78 Å². The highest BCUT2D eigenvalue weighted by molar-refractivity contribution is 8.00. The molecule has 10 heteroatoms. The summed E-state index contributed by atoms with van der Waals surface area (Å²) in [6, 6.07) is 17.0. The zero-order chi connectivity index (χ0) is 24.1. The molecule has 34 heavy (non-hydrogen) atoms. The quantitative estimate of drug-likeness (QED) is 0.254. The Kier molecular flexibility index (Phi) is 7.41. The summed E-state index contributed by atoms with van der Waals surface area (Å²) >= 11 is 4.36. The normalized spacial score (nSPS) is 11.6. The Labute approximate surface area is 207 Å². The molecule has 2 aromatic heterocycles. The van der Waals surface area contributed by atoms with E-state index in [0.717, 1.165) is 15.5 Å². The van der Waals surface area contributed by atoms with Crippen LogP contribution in [0.1, 0.15) is 27.6 Å². The van der Waals surface area contributed by atoms with Crippen LogP contribution in [0.3, 0.4) is 0 Å². The van der Waals surface area contributed by atoms with Gasteiger partial charge in [0.15, 0.2) is 5.13 Å². The minimum absolute atomic E-state index is 0.0604. The van der Waals surface area contributed by atoms with E-state index in [4.69, 9.17) is 0 Å². The molecule has 0 saturated heterocycles. The molecule has 1 atom stereocenters. The van der Waals surface area contributed by atoms with Gasteiger partial charge in [0.05, 0.1) is 26.9 Å². The summed E-state index contributed by atoms with van der Waals surface area (Å²) in [5.74, 6) is -1.82. The number of aromatic nitrogens is 1. The largest absolute Gasteiger partial charge is 0.478 e. The van der Waals surface area contributed by atoms with Crippen LogP contribution in [-0.4, -0.2) is 33.1 Å². The summed E-state index contributed by atoms with van der Waals surface area (Å²) in [6.45, 7) is 1.81. The van der Waals surface area contributed by atoms with Gasteiger partial charge in [0.25, 0.3) is 5.91 Å². The molecule has 0 saturated carbocycles. The van der Waals surface area contributed by atoms with Gasteiger partial charge in [-0.3, -0.25) is 9.59 Å². The summed E-state index contributed by atoms with van der Waals surface area (Å²) in [4.78, 5) is 42.8. The lowest BCUT2D eigenvalue weighted by molar-refractivity contribution is -0.115. The molecule has 0 aliphatic carbocycles. The SMILES string of the molecule is CC(Sc1ccc(NC(=O)c2ccccc2C(=O)O)cc1)C(=O)Nc1nc(-c2cccs2)cs1. The Balaban J connectivity index is 1.34. The van der Waals surface area contributed by atoms with Crippen LogP contribution >= 0.6 is 34.4 Å². The van der Waals surface area contributed by atoms with E-state index in [2.05, 4.69) is 15.6 Å². The number of carboxylic acids is 1. The average molecular weight is 510 g/mol. The average Bonchev–Trinajstić information content (AvgIpc) is 3.52. The Morgan fingerprint density at radius 2 is 1.68 bits per heavy atom. The molecule has 0 aliphatic heterocycles. The van der Waals surface area contributed by atoms with Crippen LogP contribution in [0.2, 0.25) is 0 Å². The van der Waals surface area contributed by atoms with Gasteiger partial charge < -0.3 is 15.7 Å². The number of thiophene rings is 1. The van der Waals surface area contributed by atoms with Gasteiger partial charge in [-0.1, -0.05) is 18.2 Å². The number of thiazole rings is 1. The third kappa shape index (κ3) is 5.71. The maximum absolute atomic E-state index is 12.6. The van der Waals surface area contributed by atoms with E-state index in [1.54, 1.807) is 47.7 Å². The first-order valence-electron chi connectivity index (χ1n) is 10.1. The number of nitrogens with zero attached hydrogens (tertiary/aromatic N) is 1. The monoisotopic (exact) mass is 509 g/mol. The molecule has 0 radical (unpaired) electrons. The third-order valence-electron chi connectivity index (χ3n) is 4.70. The molecular weight excluding hydrogens is 490 g/mol. The number of rotatable bonds is 8. The standard InChI is InChI=1S/C24H19N3O4S3/c1-14(21(28)27-24-26-19(13-33-24)20-7-4-12-32-20)34-16-10-8-15(9-11-16)25-22(29)17-5-2-3-6-18(17)23(30)31/h2-14H,1H3,(H,25,29)(H,30,31)(H,26,27,28). The fourth-order valence-electron chi connectivity index (χ4n) is 3.02. The molecule has 172 valence electrons. The second-order valence-electron chi connectivity index (χ2n) is 7.09. The van der Waals surface area contributed by atoms with E-state index in [1.807, 2.05) is 29.8 Å². The van der Waals surface area contributed by atoms with Gasteiger partial charge in [-0.15, -0.1) is 34.4 Å². The molecule has 3 N–H and O–H groups in total. The lowest BCUT2D eigenvalue weighted by atomic mass is 10.1. The maximum Gasteiger partial charge on any atom is 0.336 e. The molecule has 4 aromatic rings. The second kappa shape index (κ2) is 10.6. The fourth-order valence-corrected chi connectivity index (χ4v) is 5.36. The highest BCUT2D eigenvalue weighted by atomic mass is 32.2. The molecule has 2 aromatic carbocycles. The van der Waals surface area contributed by atoms with Crippen LogP contribution in [-0.2, 0) is 4.79 Å². The second-order valence-corrected chi connectivity index (χ2v) is 10.3. The van der Waals surface area contributed by atoms with Crippen LogP contribution in [0.25, 0.3) is 10.6 Å². The van der Waals surface area contributed by atoms with Crippen molar-refractivity contribution in [2.75, 3.05) is 10.6 Å². The van der Waals surface area contributed by atoms with Crippen LogP contribution in [0.5, 0.6) is 0 Å². The van der Waals surface area contributed by atoms with Crippen LogP contribution in [0.15, 0.2) is 76.3 Å². The predicted molar refractivity (Wildman–Crippen MR) is 137 cm³/mol. The number of aromatic carboxylic acids is 1. The van der Waals surface area contributed by atoms with Gasteiger partial charge >= 0.3 is 5.97 Å². The topological polar surface area (TPSA) is 108 Å². The molecule has 0 aliphatic rings. The van der Waals surface area contributed by atoms with Gasteiger partial charge in [-0.05, 0) is 54.8 Å². The number of thioether (sulfide) groups is 1. The van der Waals surface area contributed by atoms with Gasteiger partial charge in [0, 0.05) is 16.0 Å². The van der Waals surface area contributed by atoms with Crippen molar-refractivity contribution in [2.24, 2.45) is 0 Å². The highest BCUT2D eigenvalue weighted by Gasteiger charge is 2.18. The Hall–Kier alpha value is -3.47. The first kappa shape index (κ1) is 23.7. The Bertz CT molecular complexity index is 1320. The third-order valence-corrected chi connectivity index (χ3v) is 7.47. The molecule has 0 bridgehead atoms. The molecule has 2 amide bonds. The Morgan fingerprint density at radius 3 is 2.35 bits per heavy atom. The van der Waals surface area contributed by atoms with Crippen molar-refractivity contribution in [3.8, 4) is 10.6 Å². The molecular formula is C24H19N3O4S3. The summed E-state index contributed by atoms with van der Waals surface area (Å²) in [5.41, 5.74) is 1.40. The first-order chi connectivity index (χ1) is 16.4. The number of carboxylic acid groups (broad SMARTS) is 1. The van der Waals surface area contributed by atoms with E-state index in [0.29, 0.717) is 10.8 Å². The summed E-state index contributed by atoms with van der Waals surface area (Å²) < 4.78 is 0. The van der Waals surface area contributed by atoms with Crippen molar-refractivity contribution in [3.63, 3.8) is 0 Å². The number of nitrogens with one attached hydrogen (secondary N) is 2. The summed E-state index contributed by atoms with van der Waals surface area (Å²) in [7, 11) is 0. The summed E-state index contributed by atoms with van der Waals surface area (Å²) in [6.07, 6.45) is 0. The van der Waals surface area contributed by atoms with Gasteiger partial charge in [0.1, 0.15) is 0 Å². The minimum atomic E-state index is -1.16. The fraction of sp³-hybridized carbons (Fsp3) is 0.0833. The predicted octanol–water partition coefficient (Wildman–Crippen LogP) is 5.94. The maximum atomic E-state index is 12.6. The number of hydrogen-bond acceptors (Lipinski definition) is 7. The minimum Gasteiger partial charge on any atom is -0.478 e. The van der Waals surface area contributed by atoms with E-state index in [-0.39, 0.29) is 22.3 Å². The number of benzene rings is 2. The number of carbonyl (C=O) groups is 3. The number of anilines is 2. The van der Waals surface area contributed by atoms with Gasteiger partial charge in [-0.2, -0.15) is 0 Å². The lowest BCUT2D eigenvalue weighted by Gasteiger charge is -2.12. The van der Waals surface area contributed by atoms with Crippen molar-refractivity contribution < 1.29 is 19.5 Å². The van der Waals surface area contributed by atoms with Crippen LogP contribution in [0.4, 0.5) is 10.8 Å². The van der Waals surface area contributed by atoms with E-state index < -0.39 is 11.9 Å². The van der Waals surface area contributed by atoms with E-state index >= 15 is 0 Å². The first-order valence-corrected chi connectivity index (χ1v) is 12.8. The molecule has 7 nitrogen and oxygen atoms in total. The molecule has 1 unspecified atom stereocenters. The number of carbonyl (C=O) groups excluding carboxylic acids is 2. The van der Waals surface area contributed by atoms with Crippen molar-refractivity contribution in [1.29, 1.82) is 0 Å². The van der Waals surface area contributed by atoms with Crippen molar-refractivity contribution in [2.45, 2.75) is 17.1 Å². The smallest absolute Gasteiger partial charge is 0.336 e. The van der Waals surface area contributed by atoms with E-state index in [9.17, 15) is 19.5 Å². The van der Waals surface area contributed by atoms with Crippen molar-refractivity contribution >= 4 is 63.0 Å². The number of hydrogen-bond donors (Lipinski definition) is 3. The Morgan fingerprint density at radius 1 is 0.941 bits per heavy atom. The zero-order valence-corrected chi connectivity index (χ0v) is 20.3. The zero-order valence-electron chi connectivity index (χ0n) is 17.8. The van der Waals surface area contributed by atoms with Gasteiger partial charge in [0.2, 0.25) is 5.91 Å². The lowest BCUT2D eigenvalue weighted by Crippen LogP contribution is -2.22. The van der Waals surface area contributed by atoms with Crippen LogP contribution < -0.4 is 10.6 Å². The molecule has 4 rings (SSSR count).